The van der Waals surface area contributed by atoms with Crippen molar-refractivity contribution in [1.29, 1.82) is 0 Å². The van der Waals surface area contributed by atoms with E-state index in [9.17, 15) is 4.79 Å². The van der Waals surface area contributed by atoms with Gasteiger partial charge in [0.2, 0.25) is 0 Å². The number of carbonyl (C=O) groups is 1. The van der Waals surface area contributed by atoms with E-state index in [1.165, 1.54) is 17.7 Å². The Balaban J connectivity index is 1.98. The van der Waals surface area contributed by atoms with Crippen LogP contribution in [0.15, 0.2) is 34.5 Å². The van der Waals surface area contributed by atoms with Crippen molar-refractivity contribution in [2.24, 2.45) is 0 Å². The summed E-state index contributed by atoms with van der Waals surface area (Å²) in [7, 11) is 0. The Bertz CT molecular complexity index is 453. The Kier molecular flexibility index (Phi) is 3.89. The normalized spacial score (nSPS) is 12.5. The van der Waals surface area contributed by atoms with Crippen LogP contribution in [0.3, 0.4) is 0 Å². The molecule has 5 nitrogen and oxygen atoms in total. The Morgan fingerprint density at radius 2 is 2.53 bits per heavy atom. The molecule has 0 radical (unpaired) electrons. The van der Waals surface area contributed by atoms with Gasteiger partial charge < -0.3 is 14.8 Å². The van der Waals surface area contributed by atoms with Gasteiger partial charge in [-0.05, 0) is 11.4 Å². The molecule has 0 saturated heterocycles. The second kappa shape index (κ2) is 5.60. The molecule has 0 fully saturated rings. The smallest absolute Gasteiger partial charge is 0.305 e. The van der Waals surface area contributed by atoms with E-state index in [4.69, 9.17) is 9.52 Å². The first-order valence-electron chi connectivity index (χ1n) is 5.11. The van der Waals surface area contributed by atoms with Crippen LogP contribution in [-0.2, 0) is 11.3 Å². The maximum atomic E-state index is 10.8. The maximum absolute atomic E-state index is 10.8. The van der Waals surface area contributed by atoms with Crippen LogP contribution in [0.1, 0.15) is 23.1 Å². The third-order valence-electron chi connectivity index (χ3n) is 2.27. The van der Waals surface area contributed by atoms with Gasteiger partial charge in [-0.3, -0.25) is 4.79 Å². The fourth-order valence-electron chi connectivity index (χ4n) is 1.49. The molecule has 1 unspecified atom stereocenters. The Labute approximate surface area is 102 Å². The van der Waals surface area contributed by atoms with Gasteiger partial charge in [0, 0.05) is 4.88 Å². The lowest BCUT2D eigenvalue weighted by Crippen LogP contribution is -2.22. The molecule has 2 rings (SSSR count). The summed E-state index contributed by atoms with van der Waals surface area (Å²) in [5.41, 5.74) is 0. The van der Waals surface area contributed by atoms with Crippen molar-refractivity contribution < 1.29 is 14.3 Å². The number of rotatable bonds is 6. The number of aliphatic carboxylic acids is 1. The van der Waals surface area contributed by atoms with Crippen molar-refractivity contribution in [3.05, 3.63) is 40.7 Å². The summed E-state index contributed by atoms with van der Waals surface area (Å²) >= 11 is 1.54. The van der Waals surface area contributed by atoms with E-state index in [1.807, 2.05) is 17.5 Å². The molecule has 2 aromatic rings. The maximum Gasteiger partial charge on any atom is 0.305 e. The molecule has 6 heteroatoms. The third kappa shape index (κ3) is 3.40. The van der Waals surface area contributed by atoms with Crippen LogP contribution in [0.5, 0.6) is 0 Å². The van der Waals surface area contributed by atoms with Crippen molar-refractivity contribution in [3.8, 4) is 0 Å². The summed E-state index contributed by atoms with van der Waals surface area (Å²) in [5, 5.41) is 14.0. The predicted octanol–water partition coefficient (Wildman–Crippen LogP) is 2.04. The number of nitrogens with zero attached hydrogens (tertiary/aromatic N) is 1. The summed E-state index contributed by atoms with van der Waals surface area (Å²) in [6, 6.07) is 3.63. The van der Waals surface area contributed by atoms with Crippen LogP contribution in [-0.4, -0.2) is 16.1 Å². The van der Waals surface area contributed by atoms with Crippen molar-refractivity contribution >= 4 is 17.3 Å². The Hall–Kier alpha value is -1.66. The topological polar surface area (TPSA) is 75.4 Å². The summed E-state index contributed by atoms with van der Waals surface area (Å²) < 4.78 is 5.09. The van der Waals surface area contributed by atoms with Crippen LogP contribution in [0, 0.1) is 0 Å². The SMILES string of the molecule is O=C(O)CC(NCc1cnco1)c1cccs1. The number of carboxylic acid groups (broad SMARTS) is 1. The molecule has 1 atom stereocenters. The van der Waals surface area contributed by atoms with Gasteiger partial charge in [-0.2, -0.15) is 0 Å². The Morgan fingerprint density at radius 3 is 3.12 bits per heavy atom. The fraction of sp³-hybridized carbons (Fsp3) is 0.273. The molecule has 2 heterocycles. The monoisotopic (exact) mass is 252 g/mol. The van der Waals surface area contributed by atoms with E-state index >= 15 is 0 Å². The lowest BCUT2D eigenvalue weighted by Gasteiger charge is -2.14. The van der Waals surface area contributed by atoms with Crippen LogP contribution < -0.4 is 5.32 Å². The number of hydrogen-bond donors (Lipinski definition) is 2. The van der Waals surface area contributed by atoms with E-state index in [2.05, 4.69) is 10.3 Å². The van der Waals surface area contributed by atoms with Crippen molar-refractivity contribution in [2.45, 2.75) is 19.0 Å². The molecular weight excluding hydrogens is 240 g/mol. The van der Waals surface area contributed by atoms with Crippen LogP contribution in [0.25, 0.3) is 0 Å². The first-order chi connectivity index (χ1) is 8.25. The van der Waals surface area contributed by atoms with Crippen LogP contribution >= 0.6 is 11.3 Å². The number of thiophene rings is 1. The first-order valence-corrected chi connectivity index (χ1v) is 5.99. The second-order valence-corrected chi connectivity index (χ2v) is 4.49. The minimum atomic E-state index is -0.825. The molecule has 0 aliphatic carbocycles. The predicted molar refractivity (Wildman–Crippen MR) is 62.7 cm³/mol. The quantitative estimate of drug-likeness (QED) is 0.822. The summed E-state index contributed by atoms with van der Waals surface area (Å²) in [6.07, 6.45) is 3.02. The van der Waals surface area contributed by atoms with Gasteiger partial charge in [0.25, 0.3) is 0 Å². The number of nitrogens with one attached hydrogen (secondary N) is 1. The number of aromatic nitrogens is 1. The van der Waals surface area contributed by atoms with Gasteiger partial charge >= 0.3 is 5.97 Å². The first kappa shape index (κ1) is 11.8. The van der Waals surface area contributed by atoms with Crippen molar-refractivity contribution in [3.63, 3.8) is 0 Å². The summed E-state index contributed by atoms with van der Waals surface area (Å²) in [4.78, 5) is 15.6. The van der Waals surface area contributed by atoms with Gasteiger partial charge in [-0.25, -0.2) is 4.98 Å². The van der Waals surface area contributed by atoms with E-state index in [-0.39, 0.29) is 12.5 Å². The molecule has 2 aromatic heterocycles. The standard InChI is InChI=1S/C11H12N2O3S/c14-11(15)4-9(10-2-1-3-17-10)13-6-8-5-12-7-16-8/h1-3,5,7,9,13H,4,6H2,(H,14,15). The molecule has 0 bridgehead atoms. The van der Waals surface area contributed by atoms with Crippen LogP contribution in [0.2, 0.25) is 0 Å². The number of carboxylic acids is 1. The van der Waals surface area contributed by atoms with E-state index < -0.39 is 5.97 Å². The molecule has 0 amide bonds. The molecular formula is C11H12N2O3S. The molecule has 0 saturated carbocycles. The lowest BCUT2D eigenvalue weighted by atomic mass is 10.1. The fourth-order valence-corrected chi connectivity index (χ4v) is 2.29. The van der Waals surface area contributed by atoms with E-state index in [0.717, 1.165) is 4.88 Å². The van der Waals surface area contributed by atoms with Crippen LogP contribution in [0.4, 0.5) is 0 Å². The lowest BCUT2D eigenvalue weighted by molar-refractivity contribution is -0.137. The third-order valence-corrected chi connectivity index (χ3v) is 3.26. The Morgan fingerprint density at radius 1 is 1.65 bits per heavy atom. The highest BCUT2D eigenvalue weighted by molar-refractivity contribution is 7.10. The minimum absolute atomic E-state index is 0.0502. The highest BCUT2D eigenvalue weighted by Crippen LogP contribution is 2.22. The summed E-state index contributed by atoms with van der Waals surface area (Å²) in [6.45, 7) is 0.468. The van der Waals surface area contributed by atoms with Gasteiger partial charge in [-0.1, -0.05) is 6.07 Å². The molecule has 0 aliphatic rings. The largest absolute Gasteiger partial charge is 0.481 e. The van der Waals surface area contributed by atoms with Gasteiger partial charge in [0.1, 0.15) is 5.76 Å². The number of hydrogen-bond acceptors (Lipinski definition) is 5. The van der Waals surface area contributed by atoms with Gasteiger partial charge in [-0.15, -0.1) is 11.3 Å². The molecule has 0 spiro atoms. The highest BCUT2D eigenvalue weighted by atomic mass is 32.1. The molecule has 17 heavy (non-hydrogen) atoms. The molecule has 0 aromatic carbocycles. The van der Waals surface area contributed by atoms with Gasteiger partial charge in [0.05, 0.1) is 25.2 Å². The zero-order chi connectivity index (χ0) is 12.1. The minimum Gasteiger partial charge on any atom is -0.481 e. The average Bonchev–Trinajstić information content (AvgIpc) is 2.96. The van der Waals surface area contributed by atoms with E-state index in [0.29, 0.717) is 12.3 Å². The average molecular weight is 252 g/mol. The van der Waals surface area contributed by atoms with Gasteiger partial charge in [0.15, 0.2) is 6.39 Å². The molecule has 2 N–H and O–H groups in total. The summed E-state index contributed by atoms with van der Waals surface area (Å²) in [5.74, 6) is -0.134. The number of oxazole rings is 1. The van der Waals surface area contributed by atoms with Crippen molar-refractivity contribution in [1.82, 2.24) is 10.3 Å². The molecule has 0 aliphatic heterocycles. The zero-order valence-electron chi connectivity index (χ0n) is 9.00. The highest BCUT2D eigenvalue weighted by Gasteiger charge is 2.16. The van der Waals surface area contributed by atoms with E-state index in [1.54, 1.807) is 6.20 Å². The van der Waals surface area contributed by atoms with Crippen molar-refractivity contribution in [2.75, 3.05) is 0 Å². The molecule has 90 valence electrons. The second-order valence-electron chi connectivity index (χ2n) is 3.51. The zero-order valence-corrected chi connectivity index (χ0v) is 9.81.